The molecule has 2 aromatic rings. The van der Waals surface area contributed by atoms with Crippen LogP contribution in [0.3, 0.4) is 0 Å². The molecule has 1 aliphatic carbocycles. The molecule has 0 radical (unpaired) electrons. The molecule has 1 aromatic carbocycles. The number of nitrogens with zero attached hydrogens (tertiary/aromatic N) is 2. The van der Waals surface area contributed by atoms with E-state index in [4.69, 9.17) is 23.2 Å². The van der Waals surface area contributed by atoms with Crippen LogP contribution in [0.4, 0.5) is 10.8 Å². The fourth-order valence-electron chi connectivity index (χ4n) is 3.48. The molecule has 1 amide bonds. The van der Waals surface area contributed by atoms with Crippen molar-refractivity contribution in [2.45, 2.75) is 26.2 Å². The maximum atomic E-state index is 12.6. The van der Waals surface area contributed by atoms with Crippen LogP contribution in [0.5, 0.6) is 0 Å². The monoisotopic (exact) mass is 437 g/mol. The molecule has 1 aliphatic heterocycles. The van der Waals surface area contributed by atoms with Gasteiger partial charge in [-0.25, -0.2) is 9.78 Å². The summed E-state index contributed by atoms with van der Waals surface area (Å²) in [6.45, 7) is 3.56. The summed E-state index contributed by atoms with van der Waals surface area (Å²) in [5.74, 6) is -1.33. The number of aromatic nitrogens is 1. The van der Waals surface area contributed by atoms with Crippen molar-refractivity contribution in [2.24, 2.45) is 0 Å². The van der Waals surface area contributed by atoms with Crippen molar-refractivity contribution in [1.82, 2.24) is 4.98 Å². The summed E-state index contributed by atoms with van der Waals surface area (Å²) in [5.41, 5.74) is 2.97. The molecule has 1 saturated heterocycles. The standard InChI is InChI=1S/C19H17Cl2N3O3S/c1-9-6-11(15(21)14(9)20)17(25)23-19-22-16-12(24-4-2-3-5-24)7-10(18(26)27)8-13(16)28-19/h7-8H,2-6H2,1H3,(H,26,27)(H,22,23,25). The number of benzene rings is 1. The van der Waals surface area contributed by atoms with Crippen LogP contribution in [-0.4, -0.2) is 35.1 Å². The van der Waals surface area contributed by atoms with Crippen LogP contribution in [-0.2, 0) is 4.79 Å². The highest BCUT2D eigenvalue weighted by Crippen LogP contribution is 2.39. The topological polar surface area (TPSA) is 82.5 Å². The van der Waals surface area contributed by atoms with Crippen LogP contribution in [0.1, 0.15) is 36.5 Å². The van der Waals surface area contributed by atoms with Gasteiger partial charge in [-0.15, -0.1) is 0 Å². The molecular weight excluding hydrogens is 421 g/mol. The average Bonchev–Trinajstić information content (AvgIpc) is 3.37. The van der Waals surface area contributed by atoms with Crippen LogP contribution in [0.15, 0.2) is 33.3 Å². The quantitative estimate of drug-likeness (QED) is 0.707. The average molecular weight is 438 g/mol. The first-order valence-corrected chi connectivity index (χ1v) is 10.4. The minimum Gasteiger partial charge on any atom is -0.478 e. The second-order valence-electron chi connectivity index (χ2n) is 6.88. The Kier molecular flexibility index (Phi) is 5.07. The number of fused-ring (bicyclic) bond motifs is 1. The van der Waals surface area contributed by atoms with E-state index in [0.29, 0.717) is 27.7 Å². The number of hydrogen-bond acceptors (Lipinski definition) is 5. The molecule has 146 valence electrons. The second kappa shape index (κ2) is 7.39. The third kappa shape index (κ3) is 3.38. The molecule has 0 spiro atoms. The number of aromatic carboxylic acids is 1. The van der Waals surface area contributed by atoms with Gasteiger partial charge in [0.05, 0.1) is 26.0 Å². The van der Waals surface area contributed by atoms with Gasteiger partial charge < -0.3 is 10.0 Å². The largest absolute Gasteiger partial charge is 0.478 e. The highest BCUT2D eigenvalue weighted by molar-refractivity contribution is 7.22. The molecule has 6 nitrogen and oxygen atoms in total. The van der Waals surface area contributed by atoms with E-state index in [0.717, 1.165) is 41.9 Å². The first-order chi connectivity index (χ1) is 13.3. The molecule has 1 aromatic heterocycles. The molecule has 2 N–H and O–H groups in total. The van der Waals surface area contributed by atoms with E-state index in [-0.39, 0.29) is 16.5 Å². The van der Waals surface area contributed by atoms with E-state index in [2.05, 4.69) is 15.2 Å². The van der Waals surface area contributed by atoms with E-state index in [9.17, 15) is 14.7 Å². The summed E-state index contributed by atoms with van der Waals surface area (Å²) in [4.78, 5) is 30.9. The second-order valence-corrected chi connectivity index (χ2v) is 8.66. The Bertz CT molecular complexity index is 1070. The molecule has 0 atom stereocenters. The number of carbonyl (C=O) groups excluding carboxylic acids is 1. The zero-order chi connectivity index (χ0) is 20.0. The smallest absolute Gasteiger partial charge is 0.335 e. The summed E-state index contributed by atoms with van der Waals surface area (Å²) in [7, 11) is 0. The predicted molar refractivity (Wildman–Crippen MR) is 113 cm³/mol. The maximum absolute atomic E-state index is 12.6. The van der Waals surface area contributed by atoms with E-state index >= 15 is 0 Å². The minimum atomic E-state index is -0.986. The third-order valence-corrected chi connectivity index (χ3v) is 6.88. The SMILES string of the molecule is CC1=C(Cl)C(Cl)=C(C(=O)Nc2nc3c(N4CCCC4)cc(C(=O)O)cc3s2)C1. The van der Waals surface area contributed by atoms with Gasteiger partial charge in [-0.3, -0.25) is 10.1 Å². The van der Waals surface area contributed by atoms with Gasteiger partial charge >= 0.3 is 5.97 Å². The zero-order valence-corrected chi connectivity index (χ0v) is 17.3. The van der Waals surface area contributed by atoms with Crippen LogP contribution in [0, 0.1) is 0 Å². The highest BCUT2D eigenvalue weighted by atomic mass is 35.5. The Morgan fingerprint density at radius 3 is 2.54 bits per heavy atom. The summed E-state index contributed by atoms with van der Waals surface area (Å²) >= 11 is 13.5. The molecule has 28 heavy (non-hydrogen) atoms. The summed E-state index contributed by atoms with van der Waals surface area (Å²) in [5, 5.41) is 13.3. The van der Waals surface area contributed by atoms with Gasteiger partial charge in [0.1, 0.15) is 5.52 Å². The molecule has 2 heterocycles. The lowest BCUT2D eigenvalue weighted by Gasteiger charge is -2.18. The molecule has 0 unspecified atom stereocenters. The van der Waals surface area contributed by atoms with Crippen molar-refractivity contribution in [3.05, 3.63) is 38.9 Å². The van der Waals surface area contributed by atoms with Crippen molar-refractivity contribution in [3.8, 4) is 0 Å². The Balaban J connectivity index is 1.69. The molecule has 1 fully saturated rings. The number of halogens is 2. The van der Waals surface area contributed by atoms with E-state index in [1.54, 1.807) is 12.1 Å². The van der Waals surface area contributed by atoms with Crippen LogP contribution in [0.2, 0.25) is 0 Å². The summed E-state index contributed by atoms with van der Waals surface area (Å²) in [6, 6.07) is 3.25. The van der Waals surface area contributed by atoms with E-state index < -0.39 is 5.97 Å². The van der Waals surface area contributed by atoms with Crippen LogP contribution >= 0.6 is 34.5 Å². The number of hydrogen-bond donors (Lipinski definition) is 2. The van der Waals surface area contributed by atoms with Crippen LogP contribution < -0.4 is 10.2 Å². The lowest BCUT2D eigenvalue weighted by atomic mass is 10.1. The molecule has 0 saturated carbocycles. The Labute approximate surface area is 175 Å². The van der Waals surface area contributed by atoms with Gasteiger partial charge in [-0.2, -0.15) is 0 Å². The summed E-state index contributed by atoms with van der Waals surface area (Å²) < 4.78 is 0.718. The fourth-order valence-corrected chi connectivity index (χ4v) is 4.90. The fraction of sp³-hybridized carbons (Fsp3) is 0.316. The van der Waals surface area contributed by atoms with Crippen molar-refractivity contribution in [1.29, 1.82) is 0 Å². The number of allylic oxidation sites excluding steroid dienone is 3. The molecular formula is C19H17Cl2N3O3S. The molecule has 4 rings (SSSR count). The van der Waals surface area contributed by atoms with Gasteiger partial charge in [-0.1, -0.05) is 34.5 Å². The molecule has 0 bridgehead atoms. The van der Waals surface area contributed by atoms with Gasteiger partial charge in [0, 0.05) is 25.1 Å². The van der Waals surface area contributed by atoms with E-state index in [1.807, 2.05) is 6.92 Å². The number of amides is 1. The zero-order valence-electron chi connectivity index (χ0n) is 15.0. The van der Waals surface area contributed by atoms with Crippen molar-refractivity contribution >= 4 is 67.5 Å². The van der Waals surface area contributed by atoms with Crippen molar-refractivity contribution in [3.63, 3.8) is 0 Å². The van der Waals surface area contributed by atoms with E-state index in [1.165, 1.54) is 11.3 Å². The predicted octanol–water partition coefficient (Wildman–Crippen LogP) is 4.94. The third-order valence-electron chi connectivity index (χ3n) is 4.94. The molecule has 2 aliphatic rings. The number of rotatable bonds is 4. The normalized spacial score (nSPS) is 17.2. The molecule has 9 heteroatoms. The highest BCUT2D eigenvalue weighted by Gasteiger charge is 2.26. The maximum Gasteiger partial charge on any atom is 0.335 e. The number of carboxylic acids is 1. The van der Waals surface area contributed by atoms with Gasteiger partial charge in [-0.05, 0) is 37.5 Å². The van der Waals surface area contributed by atoms with Crippen LogP contribution in [0.25, 0.3) is 10.2 Å². The Morgan fingerprint density at radius 1 is 1.21 bits per heavy atom. The first kappa shape index (κ1) is 19.2. The minimum absolute atomic E-state index is 0.212. The number of anilines is 2. The number of carboxylic acid groups (broad SMARTS) is 1. The lowest BCUT2D eigenvalue weighted by molar-refractivity contribution is -0.112. The van der Waals surface area contributed by atoms with Gasteiger partial charge in [0.25, 0.3) is 5.91 Å². The lowest BCUT2D eigenvalue weighted by Crippen LogP contribution is -2.18. The Morgan fingerprint density at radius 2 is 1.93 bits per heavy atom. The van der Waals surface area contributed by atoms with Gasteiger partial charge in [0.2, 0.25) is 0 Å². The number of nitrogens with one attached hydrogen (secondary N) is 1. The summed E-state index contributed by atoms with van der Waals surface area (Å²) in [6.07, 6.45) is 2.52. The Hall–Kier alpha value is -2.09. The number of carbonyl (C=O) groups is 2. The first-order valence-electron chi connectivity index (χ1n) is 8.83. The van der Waals surface area contributed by atoms with Gasteiger partial charge in [0.15, 0.2) is 5.13 Å². The van der Waals surface area contributed by atoms with Crippen molar-refractivity contribution < 1.29 is 14.7 Å². The number of thiazole rings is 1. The van der Waals surface area contributed by atoms with Crippen molar-refractivity contribution in [2.75, 3.05) is 23.3 Å².